The highest BCUT2D eigenvalue weighted by Gasteiger charge is 2.32. The Balaban J connectivity index is 2.18. The summed E-state index contributed by atoms with van der Waals surface area (Å²) < 4.78 is 71.4. The lowest BCUT2D eigenvalue weighted by molar-refractivity contribution is -0.274. The SMILES string of the molecule is COC(=O)c1ccc(CN(C)S(=O)(=O)c2cccc(OC(F)(F)F)c2)cc1. The minimum absolute atomic E-state index is 0.0475. The first-order valence-corrected chi connectivity index (χ1v) is 8.96. The van der Waals surface area contributed by atoms with Crippen molar-refractivity contribution in [2.45, 2.75) is 17.8 Å². The Hall–Kier alpha value is -2.59. The van der Waals surface area contributed by atoms with Gasteiger partial charge in [-0.15, -0.1) is 13.2 Å². The molecule has 0 saturated heterocycles. The molecule has 0 N–H and O–H groups in total. The van der Waals surface area contributed by atoms with Crippen molar-refractivity contribution in [3.05, 3.63) is 59.7 Å². The van der Waals surface area contributed by atoms with Gasteiger partial charge in [-0.2, -0.15) is 4.31 Å². The smallest absolute Gasteiger partial charge is 0.465 e. The summed E-state index contributed by atoms with van der Waals surface area (Å²) in [6.45, 7) is -0.0475. The molecule has 10 heteroatoms. The summed E-state index contributed by atoms with van der Waals surface area (Å²) in [6.07, 6.45) is -4.92. The number of ether oxygens (including phenoxy) is 2. The van der Waals surface area contributed by atoms with Crippen LogP contribution in [0.1, 0.15) is 15.9 Å². The molecule has 0 heterocycles. The molecule has 0 fully saturated rings. The Labute approximate surface area is 154 Å². The quantitative estimate of drug-likeness (QED) is 0.693. The van der Waals surface area contributed by atoms with Crippen molar-refractivity contribution in [1.29, 1.82) is 0 Å². The number of rotatable bonds is 6. The van der Waals surface area contributed by atoms with Crippen LogP contribution in [0.2, 0.25) is 0 Å². The standard InChI is InChI=1S/C17H16F3NO5S/c1-21(11-12-6-8-13(9-7-12)16(22)25-2)27(23,24)15-5-3-4-14(10-15)26-17(18,19)20/h3-10H,11H2,1-2H3. The Kier molecular flexibility index (Phi) is 6.11. The van der Waals surface area contributed by atoms with Crippen LogP contribution in [-0.2, 0) is 21.3 Å². The maximum absolute atomic E-state index is 12.6. The molecule has 0 aliphatic rings. The summed E-state index contributed by atoms with van der Waals surface area (Å²) in [5.74, 6) is -1.15. The second-order valence-corrected chi connectivity index (χ2v) is 7.52. The van der Waals surface area contributed by atoms with Gasteiger partial charge < -0.3 is 9.47 Å². The number of benzene rings is 2. The lowest BCUT2D eigenvalue weighted by atomic mass is 10.1. The molecule has 2 aromatic carbocycles. The van der Waals surface area contributed by atoms with E-state index >= 15 is 0 Å². The predicted molar refractivity (Wildman–Crippen MR) is 89.6 cm³/mol. The zero-order valence-electron chi connectivity index (χ0n) is 14.4. The van der Waals surface area contributed by atoms with Crippen molar-refractivity contribution in [1.82, 2.24) is 4.31 Å². The number of hydrogen-bond donors (Lipinski definition) is 0. The molecule has 0 amide bonds. The molecule has 146 valence electrons. The maximum Gasteiger partial charge on any atom is 0.573 e. The first kappa shape index (κ1) is 20.7. The number of carbonyl (C=O) groups excluding carboxylic acids is 1. The van der Waals surface area contributed by atoms with Gasteiger partial charge in [-0.25, -0.2) is 13.2 Å². The molecular formula is C17H16F3NO5S. The van der Waals surface area contributed by atoms with Gasteiger partial charge in [0.2, 0.25) is 10.0 Å². The van der Waals surface area contributed by atoms with Gasteiger partial charge in [-0.3, -0.25) is 0 Å². The molecule has 0 aliphatic carbocycles. The predicted octanol–water partition coefficient (Wildman–Crippen LogP) is 3.19. The van der Waals surface area contributed by atoms with Crippen LogP contribution in [0.15, 0.2) is 53.4 Å². The summed E-state index contributed by atoms with van der Waals surface area (Å²) >= 11 is 0. The zero-order valence-corrected chi connectivity index (χ0v) is 15.2. The van der Waals surface area contributed by atoms with E-state index in [1.807, 2.05) is 0 Å². The number of alkyl halides is 3. The molecule has 0 aliphatic heterocycles. The molecule has 0 saturated carbocycles. The molecule has 27 heavy (non-hydrogen) atoms. The highest BCUT2D eigenvalue weighted by Crippen LogP contribution is 2.26. The first-order valence-electron chi connectivity index (χ1n) is 7.52. The van der Waals surface area contributed by atoms with Crippen molar-refractivity contribution in [3.8, 4) is 5.75 Å². The average Bonchev–Trinajstić information content (AvgIpc) is 2.60. The van der Waals surface area contributed by atoms with Crippen LogP contribution in [0.3, 0.4) is 0 Å². The number of esters is 1. The van der Waals surface area contributed by atoms with Crippen LogP contribution in [0.25, 0.3) is 0 Å². The van der Waals surface area contributed by atoms with Gasteiger partial charge in [0.05, 0.1) is 17.6 Å². The van der Waals surface area contributed by atoms with Crippen LogP contribution in [-0.4, -0.2) is 39.2 Å². The average molecular weight is 403 g/mol. The number of hydrogen-bond acceptors (Lipinski definition) is 5. The number of carbonyl (C=O) groups is 1. The molecule has 0 bridgehead atoms. The minimum atomic E-state index is -4.92. The summed E-state index contributed by atoms with van der Waals surface area (Å²) in [5, 5.41) is 0. The molecule has 0 unspecified atom stereocenters. The first-order chi connectivity index (χ1) is 12.5. The van der Waals surface area contributed by atoms with Crippen molar-refractivity contribution < 1.29 is 35.9 Å². The number of halogens is 3. The Morgan fingerprint density at radius 3 is 2.30 bits per heavy atom. The van der Waals surface area contributed by atoms with Crippen LogP contribution >= 0.6 is 0 Å². The van der Waals surface area contributed by atoms with E-state index in [1.54, 1.807) is 12.1 Å². The summed E-state index contributed by atoms with van der Waals surface area (Å²) in [5.41, 5.74) is 0.889. The van der Waals surface area contributed by atoms with Crippen molar-refractivity contribution in [2.24, 2.45) is 0 Å². The van der Waals surface area contributed by atoms with Gasteiger partial charge in [-0.1, -0.05) is 18.2 Å². The van der Waals surface area contributed by atoms with Gasteiger partial charge in [-0.05, 0) is 29.8 Å². The van der Waals surface area contributed by atoms with Gasteiger partial charge in [0.1, 0.15) is 5.75 Å². The van der Waals surface area contributed by atoms with Gasteiger partial charge in [0, 0.05) is 19.7 Å². The molecule has 0 aromatic heterocycles. The monoisotopic (exact) mass is 403 g/mol. The Morgan fingerprint density at radius 1 is 1.11 bits per heavy atom. The lowest BCUT2D eigenvalue weighted by Gasteiger charge is -2.18. The van der Waals surface area contributed by atoms with Crippen molar-refractivity contribution in [2.75, 3.05) is 14.2 Å². The Morgan fingerprint density at radius 2 is 1.74 bits per heavy atom. The van der Waals surface area contributed by atoms with E-state index in [0.717, 1.165) is 22.5 Å². The fourth-order valence-electron chi connectivity index (χ4n) is 2.22. The third-order valence-corrected chi connectivity index (χ3v) is 5.33. The third-order valence-electron chi connectivity index (χ3n) is 3.53. The van der Waals surface area contributed by atoms with Crippen molar-refractivity contribution in [3.63, 3.8) is 0 Å². The number of methoxy groups -OCH3 is 1. The van der Waals surface area contributed by atoms with E-state index in [9.17, 15) is 26.4 Å². The van der Waals surface area contributed by atoms with Crippen LogP contribution in [0, 0.1) is 0 Å². The molecule has 0 atom stereocenters. The second-order valence-electron chi connectivity index (χ2n) is 5.47. The van der Waals surface area contributed by atoms with Gasteiger partial charge >= 0.3 is 12.3 Å². The molecule has 2 aromatic rings. The molecule has 0 spiro atoms. The van der Waals surface area contributed by atoms with E-state index in [1.165, 1.54) is 32.4 Å². The van der Waals surface area contributed by atoms with Crippen LogP contribution < -0.4 is 4.74 Å². The van der Waals surface area contributed by atoms with E-state index in [0.29, 0.717) is 11.1 Å². The fourth-order valence-corrected chi connectivity index (χ4v) is 3.41. The largest absolute Gasteiger partial charge is 0.573 e. The lowest BCUT2D eigenvalue weighted by Crippen LogP contribution is -2.26. The van der Waals surface area contributed by atoms with E-state index in [2.05, 4.69) is 9.47 Å². The number of sulfonamides is 1. The van der Waals surface area contributed by atoms with E-state index in [4.69, 9.17) is 0 Å². The van der Waals surface area contributed by atoms with Crippen molar-refractivity contribution >= 4 is 16.0 Å². The summed E-state index contributed by atoms with van der Waals surface area (Å²) in [4.78, 5) is 11.1. The minimum Gasteiger partial charge on any atom is -0.465 e. The van der Waals surface area contributed by atoms with Crippen LogP contribution in [0.4, 0.5) is 13.2 Å². The van der Waals surface area contributed by atoms with Crippen LogP contribution in [0.5, 0.6) is 5.75 Å². The maximum atomic E-state index is 12.6. The number of nitrogens with zero attached hydrogens (tertiary/aromatic N) is 1. The normalized spacial score (nSPS) is 12.1. The second kappa shape index (κ2) is 7.97. The highest BCUT2D eigenvalue weighted by atomic mass is 32.2. The van der Waals surface area contributed by atoms with E-state index < -0.39 is 28.1 Å². The van der Waals surface area contributed by atoms with Gasteiger partial charge in [0.25, 0.3) is 0 Å². The topological polar surface area (TPSA) is 72.9 Å². The molecule has 6 nitrogen and oxygen atoms in total. The van der Waals surface area contributed by atoms with Gasteiger partial charge in [0.15, 0.2) is 0 Å². The highest BCUT2D eigenvalue weighted by molar-refractivity contribution is 7.89. The fraction of sp³-hybridized carbons (Fsp3) is 0.235. The van der Waals surface area contributed by atoms with E-state index in [-0.39, 0.29) is 11.4 Å². The molecule has 2 rings (SSSR count). The summed E-state index contributed by atoms with van der Waals surface area (Å²) in [6, 6.07) is 10.2. The Bertz CT molecular complexity index is 911. The molecular weight excluding hydrogens is 387 g/mol. The molecule has 0 radical (unpaired) electrons. The third kappa shape index (κ3) is 5.44. The summed E-state index contributed by atoms with van der Waals surface area (Å²) in [7, 11) is -1.52. The zero-order chi connectivity index (χ0) is 20.2.